The van der Waals surface area contributed by atoms with Gasteiger partial charge in [0.25, 0.3) is 0 Å². The third kappa shape index (κ3) is 3.94. The van der Waals surface area contributed by atoms with Crippen molar-refractivity contribution in [1.29, 1.82) is 0 Å². The van der Waals surface area contributed by atoms with Crippen LogP contribution in [0.2, 0.25) is 10.0 Å². The number of rotatable bonds is 4. The zero-order valence-corrected chi connectivity index (χ0v) is 16.0. The molecule has 138 valence electrons. The highest BCUT2D eigenvalue weighted by molar-refractivity contribution is 6.36. The summed E-state index contributed by atoms with van der Waals surface area (Å²) < 4.78 is 11.1. The third-order valence-electron chi connectivity index (χ3n) is 4.29. The smallest absolute Gasteiger partial charge is 0.230 e. The quantitative estimate of drug-likeness (QED) is 0.654. The normalized spacial score (nSPS) is 15.3. The number of amides is 1. The number of anilines is 1. The number of hydrogen-bond donors (Lipinski definition) is 1. The molecule has 0 fully saturated rings. The maximum Gasteiger partial charge on any atom is 0.230 e. The first-order valence-electron chi connectivity index (χ1n) is 8.48. The van der Waals surface area contributed by atoms with Crippen molar-refractivity contribution in [1.82, 2.24) is 5.16 Å². The molecule has 0 bridgehead atoms. The lowest BCUT2D eigenvalue weighted by molar-refractivity contribution is -0.115. The molecule has 2 heterocycles. The lowest BCUT2D eigenvalue weighted by atomic mass is 10.1. The first kappa shape index (κ1) is 17.9. The average Bonchev–Trinajstić information content (AvgIpc) is 3.22. The van der Waals surface area contributed by atoms with Crippen molar-refractivity contribution in [2.45, 2.75) is 25.9 Å². The van der Waals surface area contributed by atoms with Gasteiger partial charge < -0.3 is 14.6 Å². The molecule has 7 heteroatoms. The van der Waals surface area contributed by atoms with E-state index in [-0.39, 0.29) is 18.4 Å². The Hall–Kier alpha value is -2.50. The summed E-state index contributed by atoms with van der Waals surface area (Å²) in [5, 5.41) is 7.63. The van der Waals surface area contributed by atoms with Crippen LogP contribution in [0.25, 0.3) is 11.3 Å². The zero-order chi connectivity index (χ0) is 19.0. The summed E-state index contributed by atoms with van der Waals surface area (Å²) >= 11 is 11.9. The standard InChI is InChI=1S/C20H16Cl2N2O3/c1-11-6-13-7-12(2-5-18(13)26-11)19-9-15(24-27-19)10-20(25)23-17-4-3-14(21)8-16(17)22/h2-5,7-9,11H,6,10H2,1H3,(H,23,25). The van der Waals surface area contributed by atoms with Crippen LogP contribution in [0, 0.1) is 0 Å². The zero-order valence-electron chi connectivity index (χ0n) is 14.5. The summed E-state index contributed by atoms with van der Waals surface area (Å²) in [6.45, 7) is 2.04. The Bertz CT molecular complexity index is 1020. The number of nitrogens with zero attached hydrogens (tertiary/aromatic N) is 1. The third-order valence-corrected chi connectivity index (χ3v) is 4.83. The number of hydrogen-bond acceptors (Lipinski definition) is 4. The highest BCUT2D eigenvalue weighted by Crippen LogP contribution is 2.33. The van der Waals surface area contributed by atoms with Gasteiger partial charge in [-0.2, -0.15) is 0 Å². The lowest BCUT2D eigenvalue weighted by Gasteiger charge is -2.06. The van der Waals surface area contributed by atoms with Gasteiger partial charge in [0.15, 0.2) is 5.76 Å². The number of fused-ring (bicyclic) bond motifs is 1. The van der Waals surface area contributed by atoms with Gasteiger partial charge in [-0.15, -0.1) is 0 Å². The van der Waals surface area contributed by atoms with E-state index in [9.17, 15) is 4.79 Å². The fourth-order valence-electron chi connectivity index (χ4n) is 3.06. The van der Waals surface area contributed by atoms with Crippen LogP contribution in [-0.4, -0.2) is 17.2 Å². The highest BCUT2D eigenvalue weighted by atomic mass is 35.5. The van der Waals surface area contributed by atoms with Crippen LogP contribution in [0.3, 0.4) is 0 Å². The van der Waals surface area contributed by atoms with Crippen LogP contribution in [-0.2, 0) is 17.6 Å². The minimum absolute atomic E-state index is 0.0769. The molecule has 1 N–H and O–H groups in total. The molecule has 0 aliphatic carbocycles. The van der Waals surface area contributed by atoms with Gasteiger partial charge in [-0.25, -0.2) is 0 Å². The van der Waals surface area contributed by atoms with E-state index in [1.54, 1.807) is 24.3 Å². The SMILES string of the molecule is CC1Cc2cc(-c3cc(CC(=O)Nc4ccc(Cl)cc4Cl)no3)ccc2O1. The molecule has 1 amide bonds. The Labute approximate surface area is 166 Å². The Balaban J connectivity index is 1.45. The average molecular weight is 403 g/mol. The summed E-state index contributed by atoms with van der Waals surface area (Å²) in [5.74, 6) is 1.28. The number of carbonyl (C=O) groups is 1. The van der Waals surface area contributed by atoms with E-state index in [2.05, 4.69) is 10.5 Å². The van der Waals surface area contributed by atoms with Crippen LogP contribution in [0.15, 0.2) is 47.0 Å². The Morgan fingerprint density at radius 3 is 2.89 bits per heavy atom. The molecule has 4 rings (SSSR count). The van der Waals surface area contributed by atoms with E-state index < -0.39 is 0 Å². The largest absolute Gasteiger partial charge is 0.490 e. The van der Waals surface area contributed by atoms with E-state index in [4.69, 9.17) is 32.5 Å². The van der Waals surface area contributed by atoms with Crippen molar-refractivity contribution >= 4 is 34.8 Å². The maximum absolute atomic E-state index is 12.3. The lowest BCUT2D eigenvalue weighted by Crippen LogP contribution is -2.14. The monoisotopic (exact) mass is 402 g/mol. The summed E-state index contributed by atoms with van der Waals surface area (Å²) in [6.07, 6.45) is 1.13. The van der Waals surface area contributed by atoms with Gasteiger partial charge in [0.2, 0.25) is 5.91 Å². The topological polar surface area (TPSA) is 64.4 Å². The van der Waals surface area contributed by atoms with Crippen LogP contribution in [0.1, 0.15) is 18.2 Å². The molecular formula is C20H16Cl2N2O3. The first-order valence-corrected chi connectivity index (χ1v) is 9.24. The van der Waals surface area contributed by atoms with Crippen LogP contribution in [0.5, 0.6) is 5.75 Å². The van der Waals surface area contributed by atoms with Crippen molar-refractivity contribution in [3.63, 3.8) is 0 Å². The first-order chi connectivity index (χ1) is 13.0. The Kier molecular flexibility index (Phi) is 4.81. The van der Waals surface area contributed by atoms with Crippen molar-refractivity contribution in [2.75, 3.05) is 5.32 Å². The number of nitrogens with one attached hydrogen (secondary N) is 1. The van der Waals surface area contributed by atoms with Gasteiger partial charge >= 0.3 is 0 Å². The van der Waals surface area contributed by atoms with Crippen molar-refractivity contribution in [2.24, 2.45) is 0 Å². The van der Waals surface area contributed by atoms with Gasteiger partial charge in [-0.3, -0.25) is 4.79 Å². The molecule has 0 saturated carbocycles. The molecule has 3 aromatic rings. The molecule has 1 unspecified atom stereocenters. The Morgan fingerprint density at radius 1 is 1.22 bits per heavy atom. The molecule has 5 nitrogen and oxygen atoms in total. The second-order valence-electron chi connectivity index (χ2n) is 6.49. The minimum Gasteiger partial charge on any atom is -0.490 e. The van der Waals surface area contributed by atoms with Crippen molar-refractivity contribution < 1.29 is 14.1 Å². The molecule has 1 aliphatic heterocycles. The van der Waals surface area contributed by atoms with Crippen LogP contribution >= 0.6 is 23.2 Å². The number of benzene rings is 2. The summed E-state index contributed by atoms with van der Waals surface area (Å²) in [5.41, 5.74) is 3.10. The van der Waals surface area contributed by atoms with E-state index in [0.29, 0.717) is 27.2 Å². The summed E-state index contributed by atoms with van der Waals surface area (Å²) in [4.78, 5) is 12.3. The molecule has 27 heavy (non-hydrogen) atoms. The summed E-state index contributed by atoms with van der Waals surface area (Å²) in [7, 11) is 0. The maximum atomic E-state index is 12.3. The molecule has 0 radical (unpaired) electrons. The van der Waals surface area contributed by atoms with Crippen molar-refractivity contribution in [3.8, 4) is 17.1 Å². The van der Waals surface area contributed by atoms with E-state index in [1.807, 2.05) is 25.1 Å². The highest BCUT2D eigenvalue weighted by Gasteiger charge is 2.20. The predicted molar refractivity (Wildman–Crippen MR) is 105 cm³/mol. The molecular weight excluding hydrogens is 387 g/mol. The van der Waals surface area contributed by atoms with Crippen molar-refractivity contribution in [3.05, 3.63) is 63.8 Å². The van der Waals surface area contributed by atoms with Gasteiger partial charge in [0.05, 0.1) is 22.8 Å². The van der Waals surface area contributed by atoms with Crippen LogP contribution < -0.4 is 10.1 Å². The molecule has 2 aromatic carbocycles. The molecule has 1 atom stereocenters. The molecule has 1 aromatic heterocycles. The van der Waals surface area contributed by atoms with E-state index >= 15 is 0 Å². The number of aromatic nitrogens is 1. The van der Waals surface area contributed by atoms with Gasteiger partial charge in [-0.1, -0.05) is 28.4 Å². The predicted octanol–water partition coefficient (Wildman–Crippen LogP) is 5.15. The number of ether oxygens (including phenoxy) is 1. The second kappa shape index (κ2) is 7.25. The second-order valence-corrected chi connectivity index (χ2v) is 7.33. The minimum atomic E-state index is -0.241. The number of halogens is 2. The molecule has 0 saturated heterocycles. The molecule has 1 aliphatic rings. The van der Waals surface area contributed by atoms with Crippen LogP contribution in [0.4, 0.5) is 5.69 Å². The molecule has 0 spiro atoms. The van der Waals surface area contributed by atoms with E-state index in [1.165, 1.54) is 0 Å². The van der Waals surface area contributed by atoms with Gasteiger partial charge in [0, 0.05) is 23.1 Å². The van der Waals surface area contributed by atoms with Gasteiger partial charge in [0.1, 0.15) is 11.9 Å². The fraction of sp³-hybridized carbons (Fsp3) is 0.200. The fourth-order valence-corrected chi connectivity index (χ4v) is 3.51. The van der Waals surface area contributed by atoms with E-state index in [0.717, 1.165) is 23.3 Å². The Morgan fingerprint density at radius 2 is 2.07 bits per heavy atom. The summed E-state index contributed by atoms with van der Waals surface area (Å²) in [6, 6.07) is 12.6. The van der Waals surface area contributed by atoms with Gasteiger partial charge in [-0.05, 0) is 48.9 Å². The number of carbonyl (C=O) groups excluding carboxylic acids is 1.